The molecule has 5 rings (SSSR count). The molecular formula is C24H27ClF3N5O2. The van der Waals surface area contributed by atoms with Gasteiger partial charge in [-0.15, -0.1) is 0 Å². The zero-order valence-electron chi connectivity index (χ0n) is 19.3. The van der Waals surface area contributed by atoms with Gasteiger partial charge in [0.25, 0.3) is 0 Å². The molecular weight excluding hydrogens is 483 g/mol. The highest BCUT2D eigenvalue weighted by atomic mass is 35.5. The van der Waals surface area contributed by atoms with Gasteiger partial charge in [0.05, 0.1) is 5.56 Å². The average molecular weight is 510 g/mol. The largest absolute Gasteiger partial charge is 0.446 e. The smallest absolute Gasteiger partial charge is 0.419 e. The van der Waals surface area contributed by atoms with Crippen LogP contribution in [-0.4, -0.2) is 70.7 Å². The molecule has 2 aromatic rings. The Morgan fingerprint density at radius 3 is 2.40 bits per heavy atom. The fraction of sp³-hybridized carbons (Fsp3) is 0.542. The monoisotopic (exact) mass is 509 g/mol. The topological polar surface area (TPSA) is 61.8 Å². The molecule has 0 N–H and O–H groups in total. The number of hydrogen-bond acceptors (Lipinski definition) is 6. The van der Waals surface area contributed by atoms with E-state index in [4.69, 9.17) is 16.3 Å². The molecule has 3 aliphatic rings. The van der Waals surface area contributed by atoms with Crippen molar-refractivity contribution < 1.29 is 22.7 Å². The number of rotatable bonds is 4. The number of piperazine rings is 1. The Balaban J connectivity index is 1.05. The van der Waals surface area contributed by atoms with Gasteiger partial charge in [0.1, 0.15) is 6.10 Å². The van der Waals surface area contributed by atoms with Gasteiger partial charge >= 0.3 is 12.3 Å². The maximum Gasteiger partial charge on any atom is 0.419 e. The Morgan fingerprint density at radius 2 is 1.80 bits per heavy atom. The number of amides is 1. The second-order valence-electron chi connectivity index (χ2n) is 9.94. The van der Waals surface area contributed by atoms with E-state index in [0.717, 1.165) is 49.9 Å². The molecule has 1 saturated carbocycles. The van der Waals surface area contributed by atoms with Crippen molar-refractivity contribution in [3.63, 3.8) is 0 Å². The summed E-state index contributed by atoms with van der Waals surface area (Å²) in [5, 5.41) is 0.737. The molecule has 188 valence electrons. The normalized spacial score (nSPS) is 22.6. The molecule has 7 nitrogen and oxygen atoms in total. The number of alkyl halides is 3. The molecule has 0 radical (unpaired) electrons. The predicted molar refractivity (Wildman–Crippen MR) is 124 cm³/mol. The third-order valence-electron chi connectivity index (χ3n) is 7.14. The molecule has 2 aliphatic heterocycles. The molecule has 1 amide bonds. The van der Waals surface area contributed by atoms with Gasteiger partial charge in [-0.1, -0.05) is 23.7 Å². The van der Waals surface area contributed by atoms with Crippen LogP contribution in [0.1, 0.15) is 30.9 Å². The van der Waals surface area contributed by atoms with Crippen LogP contribution in [0.3, 0.4) is 0 Å². The van der Waals surface area contributed by atoms with Crippen LogP contribution in [0, 0.1) is 5.41 Å². The van der Waals surface area contributed by atoms with Gasteiger partial charge in [-0.3, -0.25) is 4.90 Å². The first kappa shape index (κ1) is 24.1. The van der Waals surface area contributed by atoms with E-state index in [0.29, 0.717) is 19.6 Å². The highest BCUT2D eigenvalue weighted by molar-refractivity contribution is 6.30. The first-order valence-corrected chi connectivity index (χ1v) is 12.1. The highest BCUT2D eigenvalue weighted by Gasteiger charge is 2.53. The van der Waals surface area contributed by atoms with Crippen LogP contribution in [0.15, 0.2) is 36.7 Å². The summed E-state index contributed by atoms with van der Waals surface area (Å²) in [6.45, 7) is 6.05. The van der Waals surface area contributed by atoms with Crippen molar-refractivity contribution in [2.24, 2.45) is 5.41 Å². The van der Waals surface area contributed by atoms with Gasteiger partial charge in [0.15, 0.2) is 0 Å². The number of aromatic nitrogens is 2. The van der Waals surface area contributed by atoms with Gasteiger partial charge in [-0.2, -0.15) is 13.2 Å². The van der Waals surface area contributed by atoms with Crippen molar-refractivity contribution in [3.8, 4) is 0 Å². The van der Waals surface area contributed by atoms with Crippen LogP contribution < -0.4 is 4.90 Å². The number of carbonyl (C=O) groups excluding carboxylic acids is 1. The summed E-state index contributed by atoms with van der Waals surface area (Å²) in [4.78, 5) is 26.4. The maximum absolute atomic E-state index is 12.8. The van der Waals surface area contributed by atoms with Crippen molar-refractivity contribution in [2.45, 2.75) is 44.6 Å². The Bertz CT molecular complexity index is 1050. The molecule has 1 spiro atoms. The van der Waals surface area contributed by atoms with Gasteiger partial charge in [0.2, 0.25) is 5.95 Å². The van der Waals surface area contributed by atoms with Crippen LogP contribution in [0.25, 0.3) is 0 Å². The van der Waals surface area contributed by atoms with Crippen molar-refractivity contribution in [1.82, 2.24) is 19.8 Å². The number of ether oxygens (including phenoxy) is 1. The van der Waals surface area contributed by atoms with Crippen molar-refractivity contribution >= 4 is 23.6 Å². The fourth-order valence-electron chi connectivity index (χ4n) is 5.36. The van der Waals surface area contributed by atoms with Crippen LogP contribution >= 0.6 is 11.6 Å². The van der Waals surface area contributed by atoms with Gasteiger partial charge in [-0.25, -0.2) is 14.8 Å². The minimum atomic E-state index is -4.47. The number of carbonyl (C=O) groups is 1. The number of hydrogen-bond donors (Lipinski definition) is 0. The van der Waals surface area contributed by atoms with E-state index in [9.17, 15) is 18.0 Å². The van der Waals surface area contributed by atoms with E-state index >= 15 is 0 Å². The lowest BCUT2D eigenvalue weighted by Crippen LogP contribution is -2.64. The van der Waals surface area contributed by atoms with Crippen LogP contribution in [0.5, 0.6) is 0 Å². The van der Waals surface area contributed by atoms with E-state index in [1.807, 2.05) is 31.2 Å². The Hall–Kier alpha value is -2.59. The lowest BCUT2D eigenvalue weighted by molar-refractivity contribution is -0.138. The van der Waals surface area contributed by atoms with Gasteiger partial charge in [0, 0.05) is 68.1 Å². The van der Waals surface area contributed by atoms with Gasteiger partial charge in [-0.05, 0) is 37.5 Å². The van der Waals surface area contributed by atoms with E-state index in [1.54, 1.807) is 9.80 Å². The molecule has 35 heavy (non-hydrogen) atoms. The SMILES string of the molecule is C[C@@H]1CN(c2ncc(C(F)(F)F)cn2)CCN1C(=O)OC1CC2(C1)CN(Cc1ccc(Cl)cc1)C2. The number of benzene rings is 1. The summed E-state index contributed by atoms with van der Waals surface area (Å²) >= 11 is 5.95. The number of nitrogens with zero attached hydrogens (tertiary/aromatic N) is 5. The molecule has 0 unspecified atom stereocenters. The first-order chi connectivity index (χ1) is 16.6. The molecule has 1 aromatic heterocycles. The molecule has 1 atom stereocenters. The standard InChI is InChI=1S/C24H27ClF3N5O2/c1-16-12-32(21-29-10-18(11-30-21)24(26,27)28)6-7-33(16)22(34)35-20-8-23(9-20)14-31(15-23)13-17-2-4-19(25)5-3-17/h2-5,10-11,16,20H,6-9,12-15H2,1H3/t16-/m1/s1. The average Bonchev–Trinajstić information content (AvgIpc) is 2.77. The van der Waals surface area contributed by atoms with Crippen molar-refractivity contribution in [2.75, 3.05) is 37.6 Å². The number of halogens is 4. The van der Waals surface area contributed by atoms with E-state index in [-0.39, 0.29) is 29.6 Å². The van der Waals surface area contributed by atoms with E-state index in [2.05, 4.69) is 14.9 Å². The van der Waals surface area contributed by atoms with Crippen LogP contribution in [0.2, 0.25) is 5.02 Å². The number of likely N-dealkylation sites (tertiary alicyclic amines) is 1. The molecule has 0 bridgehead atoms. The summed E-state index contributed by atoms with van der Waals surface area (Å²) < 4.78 is 44.0. The van der Waals surface area contributed by atoms with Crippen molar-refractivity contribution in [3.05, 3.63) is 52.8 Å². The summed E-state index contributed by atoms with van der Waals surface area (Å²) in [6.07, 6.45) is -1.53. The lowest BCUT2D eigenvalue weighted by Gasteiger charge is -2.58. The quantitative estimate of drug-likeness (QED) is 0.606. The summed E-state index contributed by atoms with van der Waals surface area (Å²) in [7, 11) is 0. The zero-order valence-corrected chi connectivity index (χ0v) is 20.1. The first-order valence-electron chi connectivity index (χ1n) is 11.7. The summed E-state index contributed by atoms with van der Waals surface area (Å²) in [6, 6.07) is 7.73. The Morgan fingerprint density at radius 1 is 1.14 bits per heavy atom. The minimum Gasteiger partial charge on any atom is -0.446 e. The second kappa shape index (κ2) is 9.13. The van der Waals surface area contributed by atoms with E-state index in [1.165, 1.54) is 5.56 Å². The molecule has 3 heterocycles. The second-order valence-corrected chi connectivity index (χ2v) is 10.4. The maximum atomic E-state index is 12.8. The molecule has 1 aliphatic carbocycles. The molecule has 2 saturated heterocycles. The van der Waals surface area contributed by atoms with Crippen LogP contribution in [-0.2, 0) is 17.5 Å². The summed E-state index contributed by atoms with van der Waals surface area (Å²) in [5.41, 5.74) is 0.609. The Labute approximate surface area is 206 Å². The van der Waals surface area contributed by atoms with Gasteiger partial charge < -0.3 is 14.5 Å². The number of anilines is 1. The third kappa shape index (κ3) is 5.18. The molecule has 11 heteroatoms. The van der Waals surface area contributed by atoms with Crippen molar-refractivity contribution in [1.29, 1.82) is 0 Å². The summed E-state index contributed by atoms with van der Waals surface area (Å²) in [5.74, 6) is 0.229. The Kier molecular flexibility index (Phi) is 6.29. The molecule has 1 aromatic carbocycles. The lowest BCUT2D eigenvalue weighted by atomic mass is 9.61. The minimum absolute atomic E-state index is 0.0661. The van der Waals surface area contributed by atoms with Crippen LogP contribution in [0.4, 0.5) is 23.9 Å². The zero-order chi connectivity index (χ0) is 24.8. The highest BCUT2D eigenvalue weighted by Crippen LogP contribution is 2.50. The fourth-order valence-corrected chi connectivity index (χ4v) is 5.49. The third-order valence-corrected chi connectivity index (χ3v) is 7.39. The predicted octanol–water partition coefficient (Wildman–Crippen LogP) is 4.46. The van der Waals surface area contributed by atoms with E-state index < -0.39 is 11.7 Å². The molecule has 3 fully saturated rings.